The van der Waals surface area contributed by atoms with E-state index in [0.29, 0.717) is 19.3 Å². The number of aromatic nitrogens is 1. The number of rotatable bonds is 4. The van der Waals surface area contributed by atoms with E-state index in [1.807, 2.05) is 18.3 Å². The number of hydrogen-bond donors (Lipinski definition) is 0. The molecule has 25 heavy (non-hydrogen) atoms. The van der Waals surface area contributed by atoms with Crippen molar-refractivity contribution in [1.82, 2.24) is 9.88 Å². The molecule has 0 aliphatic carbocycles. The second-order valence-electron chi connectivity index (χ2n) is 6.54. The van der Waals surface area contributed by atoms with Crippen molar-refractivity contribution in [3.63, 3.8) is 0 Å². The van der Waals surface area contributed by atoms with Crippen LogP contribution in [0.4, 0.5) is 0 Å². The molecule has 0 spiro atoms. The van der Waals surface area contributed by atoms with Crippen LogP contribution in [0.3, 0.4) is 0 Å². The van der Waals surface area contributed by atoms with Crippen LogP contribution in [0.15, 0.2) is 36.5 Å². The molecule has 0 radical (unpaired) electrons. The summed E-state index contributed by atoms with van der Waals surface area (Å²) in [6, 6.07) is 10.5. The molecule has 2 aliphatic heterocycles. The third kappa shape index (κ3) is 3.42. The van der Waals surface area contributed by atoms with Gasteiger partial charge >= 0.3 is 0 Å². The number of fused-ring (bicyclic) bond motifs is 1. The summed E-state index contributed by atoms with van der Waals surface area (Å²) in [6.45, 7) is 3.27. The van der Waals surface area contributed by atoms with Crippen molar-refractivity contribution in [3.05, 3.63) is 47.8 Å². The quantitative estimate of drug-likeness (QED) is 0.851. The Morgan fingerprint density at radius 3 is 2.76 bits per heavy atom. The molecule has 1 aromatic heterocycles. The van der Waals surface area contributed by atoms with Crippen LogP contribution in [0.5, 0.6) is 17.2 Å². The van der Waals surface area contributed by atoms with Crippen molar-refractivity contribution in [2.75, 3.05) is 26.9 Å². The first-order chi connectivity index (χ1) is 12.3. The Kier molecular flexibility index (Phi) is 4.74. The summed E-state index contributed by atoms with van der Waals surface area (Å²) in [5, 5.41) is 0. The number of methoxy groups -OCH3 is 1. The van der Waals surface area contributed by atoms with Crippen LogP contribution in [0, 0.1) is 0 Å². The molecule has 0 unspecified atom stereocenters. The maximum Gasteiger partial charge on any atom is 0.164 e. The summed E-state index contributed by atoms with van der Waals surface area (Å²) >= 11 is 0. The van der Waals surface area contributed by atoms with Gasteiger partial charge in [-0.1, -0.05) is 6.07 Å². The van der Waals surface area contributed by atoms with Crippen LogP contribution in [0.25, 0.3) is 0 Å². The molecule has 5 nitrogen and oxygen atoms in total. The molecule has 132 valence electrons. The van der Waals surface area contributed by atoms with Gasteiger partial charge in [-0.3, -0.25) is 9.88 Å². The van der Waals surface area contributed by atoms with Crippen LogP contribution >= 0.6 is 0 Å². The van der Waals surface area contributed by atoms with Crippen molar-refractivity contribution in [3.8, 4) is 17.2 Å². The van der Waals surface area contributed by atoms with Crippen LogP contribution in [-0.4, -0.2) is 36.8 Å². The maximum absolute atomic E-state index is 5.85. The van der Waals surface area contributed by atoms with E-state index in [1.54, 1.807) is 7.11 Å². The lowest BCUT2D eigenvalue weighted by molar-refractivity contribution is 0.239. The molecule has 0 N–H and O–H groups in total. The van der Waals surface area contributed by atoms with E-state index < -0.39 is 0 Å². The molecule has 1 aromatic carbocycles. The van der Waals surface area contributed by atoms with Crippen molar-refractivity contribution in [2.24, 2.45) is 0 Å². The van der Waals surface area contributed by atoms with Gasteiger partial charge in [0, 0.05) is 30.8 Å². The lowest BCUT2D eigenvalue weighted by Gasteiger charge is -2.25. The highest BCUT2D eigenvalue weighted by atomic mass is 16.5. The Labute approximate surface area is 148 Å². The highest BCUT2D eigenvalue weighted by Crippen LogP contribution is 2.39. The van der Waals surface area contributed by atoms with Crippen molar-refractivity contribution >= 4 is 0 Å². The molecule has 0 bridgehead atoms. The van der Waals surface area contributed by atoms with Crippen molar-refractivity contribution < 1.29 is 14.2 Å². The van der Waals surface area contributed by atoms with Gasteiger partial charge in [-0.15, -0.1) is 0 Å². The van der Waals surface area contributed by atoms with E-state index in [9.17, 15) is 0 Å². The molecule has 1 fully saturated rings. The highest BCUT2D eigenvalue weighted by molar-refractivity contribution is 5.51. The molecular formula is C20H24N2O3. The van der Waals surface area contributed by atoms with E-state index in [4.69, 9.17) is 14.2 Å². The third-order valence-corrected chi connectivity index (χ3v) is 4.92. The summed E-state index contributed by atoms with van der Waals surface area (Å²) in [7, 11) is 1.71. The molecule has 0 saturated carbocycles. The van der Waals surface area contributed by atoms with E-state index in [1.165, 1.54) is 6.42 Å². The van der Waals surface area contributed by atoms with Gasteiger partial charge in [0.1, 0.15) is 5.75 Å². The highest BCUT2D eigenvalue weighted by Gasteiger charge is 2.28. The average molecular weight is 340 g/mol. The van der Waals surface area contributed by atoms with Crippen LogP contribution in [0.1, 0.15) is 36.6 Å². The number of benzene rings is 1. The Morgan fingerprint density at radius 1 is 1.16 bits per heavy atom. The maximum atomic E-state index is 5.85. The summed E-state index contributed by atoms with van der Waals surface area (Å²) in [5.74, 6) is 2.46. The molecule has 0 amide bonds. The van der Waals surface area contributed by atoms with Gasteiger partial charge in [0.15, 0.2) is 11.5 Å². The predicted octanol–water partition coefficient (Wildman–Crippen LogP) is 3.59. The fourth-order valence-electron chi connectivity index (χ4n) is 3.69. The first-order valence-electron chi connectivity index (χ1n) is 8.96. The van der Waals surface area contributed by atoms with Gasteiger partial charge in [-0.25, -0.2) is 0 Å². The lowest BCUT2D eigenvalue weighted by Crippen LogP contribution is -2.23. The zero-order chi connectivity index (χ0) is 17.1. The van der Waals surface area contributed by atoms with Gasteiger partial charge in [-0.2, -0.15) is 0 Å². The number of ether oxygens (including phenoxy) is 3. The van der Waals surface area contributed by atoms with E-state index in [2.05, 4.69) is 28.1 Å². The van der Waals surface area contributed by atoms with Gasteiger partial charge in [-0.05, 0) is 37.6 Å². The van der Waals surface area contributed by atoms with E-state index in [0.717, 1.165) is 54.4 Å². The predicted molar refractivity (Wildman–Crippen MR) is 95.2 cm³/mol. The zero-order valence-electron chi connectivity index (χ0n) is 14.6. The fourth-order valence-corrected chi connectivity index (χ4v) is 3.69. The number of pyridine rings is 1. The minimum absolute atomic E-state index is 0.363. The van der Waals surface area contributed by atoms with Gasteiger partial charge < -0.3 is 14.2 Å². The Morgan fingerprint density at radius 2 is 2.00 bits per heavy atom. The van der Waals surface area contributed by atoms with Crippen molar-refractivity contribution in [1.29, 1.82) is 0 Å². The minimum Gasteiger partial charge on any atom is -0.496 e. The SMILES string of the molecule is COc1cc2c(cc1CN1CCC[C@H]1c1ccccn1)OCCCO2. The third-order valence-electron chi connectivity index (χ3n) is 4.92. The Hall–Kier alpha value is -2.27. The largest absolute Gasteiger partial charge is 0.496 e. The van der Waals surface area contributed by atoms with Crippen LogP contribution < -0.4 is 14.2 Å². The molecule has 1 atom stereocenters. The van der Waals surface area contributed by atoms with Crippen LogP contribution in [-0.2, 0) is 6.54 Å². The smallest absolute Gasteiger partial charge is 0.164 e. The molecule has 4 rings (SSSR count). The molecule has 2 aromatic rings. The first-order valence-corrected chi connectivity index (χ1v) is 8.96. The molecular weight excluding hydrogens is 316 g/mol. The summed E-state index contributed by atoms with van der Waals surface area (Å²) < 4.78 is 17.3. The topological polar surface area (TPSA) is 43.8 Å². The normalized spacial score (nSPS) is 20.3. The fraction of sp³-hybridized carbons (Fsp3) is 0.450. The summed E-state index contributed by atoms with van der Waals surface area (Å²) in [4.78, 5) is 7.04. The molecule has 5 heteroatoms. The molecule has 3 heterocycles. The van der Waals surface area contributed by atoms with Gasteiger partial charge in [0.05, 0.1) is 32.1 Å². The van der Waals surface area contributed by atoms with Gasteiger partial charge in [0.2, 0.25) is 0 Å². The number of likely N-dealkylation sites (tertiary alicyclic amines) is 1. The van der Waals surface area contributed by atoms with Gasteiger partial charge in [0.25, 0.3) is 0 Å². The first kappa shape index (κ1) is 16.2. The number of hydrogen-bond acceptors (Lipinski definition) is 5. The molecule has 1 saturated heterocycles. The van der Waals surface area contributed by atoms with Crippen LogP contribution in [0.2, 0.25) is 0 Å². The second-order valence-corrected chi connectivity index (χ2v) is 6.54. The Bertz CT molecular complexity index is 720. The Balaban J connectivity index is 1.60. The molecule has 2 aliphatic rings. The number of nitrogens with zero attached hydrogens (tertiary/aromatic N) is 2. The van der Waals surface area contributed by atoms with E-state index in [-0.39, 0.29) is 0 Å². The zero-order valence-corrected chi connectivity index (χ0v) is 14.6. The summed E-state index contributed by atoms with van der Waals surface area (Å²) in [6.07, 6.45) is 5.11. The van der Waals surface area contributed by atoms with Crippen molar-refractivity contribution in [2.45, 2.75) is 31.8 Å². The summed E-state index contributed by atoms with van der Waals surface area (Å²) in [5.41, 5.74) is 2.28. The minimum atomic E-state index is 0.363. The average Bonchev–Trinajstić information content (AvgIpc) is 2.99. The van der Waals surface area contributed by atoms with E-state index >= 15 is 0 Å². The second kappa shape index (κ2) is 7.31. The lowest BCUT2D eigenvalue weighted by atomic mass is 10.1. The standard InChI is InChI=1S/C20H24N2O3/c1-23-18-13-20-19(24-10-5-11-25-20)12-15(18)14-22-9-4-7-17(22)16-6-2-3-8-21-16/h2-3,6,8,12-13,17H,4-5,7,9-11,14H2,1H3/t17-/m0/s1. The monoisotopic (exact) mass is 340 g/mol.